The van der Waals surface area contributed by atoms with E-state index in [2.05, 4.69) is 5.32 Å². The lowest BCUT2D eigenvalue weighted by Crippen LogP contribution is -2.24. The standard InChI is InChI=1S/C15H17NO2/c1-2-11(10-17)15(18)16-14-8-7-12-5-3-4-6-13(12)9-14/h3-9,11,17H,2,10H2,1H3,(H,16,18). The molecule has 2 aromatic carbocycles. The Labute approximate surface area is 106 Å². The van der Waals surface area contributed by atoms with Gasteiger partial charge in [0.25, 0.3) is 0 Å². The van der Waals surface area contributed by atoms with Crippen LogP contribution >= 0.6 is 0 Å². The van der Waals surface area contributed by atoms with Crippen LogP contribution in [0.2, 0.25) is 0 Å². The third-order valence-corrected chi connectivity index (χ3v) is 3.10. The predicted molar refractivity (Wildman–Crippen MR) is 73.4 cm³/mol. The van der Waals surface area contributed by atoms with Crippen LogP contribution in [0.3, 0.4) is 0 Å². The van der Waals surface area contributed by atoms with Gasteiger partial charge in [0.2, 0.25) is 5.91 Å². The van der Waals surface area contributed by atoms with Crippen molar-refractivity contribution < 1.29 is 9.90 Å². The number of hydrogen-bond acceptors (Lipinski definition) is 2. The first kappa shape index (κ1) is 12.6. The average Bonchev–Trinajstić information content (AvgIpc) is 2.40. The minimum Gasteiger partial charge on any atom is -0.396 e. The molecule has 0 aliphatic carbocycles. The van der Waals surface area contributed by atoms with Gasteiger partial charge in [0.15, 0.2) is 0 Å². The highest BCUT2D eigenvalue weighted by Gasteiger charge is 2.15. The second-order valence-electron chi connectivity index (χ2n) is 4.34. The van der Waals surface area contributed by atoms with Crippen LogP contribution < -0.4 is 5.32 Å². The molecule has 3 nitrogen and oxygen atoms in total. The van der Waals surface area contributed by atoms with Gasteiger partial charge in [0.1, 0.15) is 0 Å². The van der Waals surface area contributed by atoms with Crippen molar-refractivity contribution in [1.82, 2.24) is 0 Å². The van der Waals surface area contributed by atoms with Gasteiger partial charge in [-0.05, 0) is 29.3 Å². The van der Waals surface area contributed by atoms with Crippen LogP contribution in [-0.2, 0) is 4.79 Å². The van der Waals surface area contributed by atoms with E-state index in [1.165, 1.54) is 0 Å². The molecule has 2 rings (SSSR count). The van der Waals surface area contributed by atoms with E-state index >= 15 is 0 Å². The quantitative estimate of drug-likeness (QED) is 0.867. The zero-order chi connectivity index (χ0) is 13.0. The number of fused-ring (bicyclic) bond motifs is 1. The molecular formula is C15H17NO2. The Morgan fingerprint density at radius 2 is 1.94 bits per heavy atom. The largest absolute Gasteiger partial charge is 0.396 e. The summed E-state index contributed by atoms with van der Waals surface area (Å²) < 4.78 is 0. The van der Waals surface area contributed by atoms with Crippen LogP contribution in [-0.4, -0.2) is 17.6 Å². The molecule has 2 N–H and O–H groups in total. The van der Waals surface area contributed by atoms with Crippen molar-refractivity contribution in [1.29, 1.82) is 0 Å². The van der Waals surface area contributed by atoms with Crippen molar-refractivity contribution >= 4 is 22.4 Å². The molecule has 2 aromatic rings. The summed E-state index contributed by atoms with van der Waals surface area (Å²) in [7, 11) is 0. The average molecular weight is 243 g/mol. The van der Waals surface area contributed by atoms with E-state index in [9.17, 15) is 4.79 Å². The van der Waals surface area contributed by atoms with Crippen LogP contribution in [0.1, 0.15) is 13.3 Å². The van der Waals surface area contributed by atoms with Gasteiger partial charge < -0.3 is 10.4 Å². The molecule has 0 aliphatic rings. The van der Waals surface area contributed by atoms with Crippen LogP contribution in [0.25, 0.3) is 10.8 Å². The molecule has 0 aliphatic heterocycles. The van der Waals surface area contributed by atoms with E-state index in [-0.39, 0.29) is 18.4 Å². The van der Waals surface area contributed by atoms with Gasteiger partial charge in [-0.1, -0.05) is 37.3 Å². The summed E-state index contributed by atoms with van der Waals surface area (Å²) in [6.07, 6.45) is 0.635. The third kappa shape index (κ3) is 2.68. The van der Waals surface area contributed by atoms with Gasteiger partial charge in [0, 0.05) is 5.69 Å². The van der Waals surface area contributed by atoms with Crippen LogP contribution in [0, 0.1) is 5.92 Å². The first-order valence-corrected chi connectivity index (χ1v) is 6.15. The summed E-state index contributed by atoms with van der Waals surface area (Å²) in [5, 5.41) is 14.2. The number of carbonyl (C=O) groups is 1. The molecule has 0 bridgehead atoms. The summed E-state index contributed by atoms with van der Waals surface area (Å²) in [4.78, 5) is 11.8. The second kappa shape index (κ2) is 5.65. The van der Waals surface area contributed by atoms with Gasteiger partial charge in [-0.3, -0.25) is 4.79 Å². The number of carbonyl (C=O) groups excluding carboxylic acids is 1. The highest BCUT2D eigenvalue weighted by atomic mass is 16.3. The number of hydrogen-bond donors (Lipinski definition) is 2. The highest BCUT2D eigenvalue weighted by Crippen LogP contribution is 2.19. The van der Waals surface area contributed by atoms with E-state index in [0.29, 0.717) is 6.42 Å². The van der Waals surface area contributed by atoms with Gasteiger partial charge in [-0.25, -0.2) is 0 Å². The number of nitrogens with one attached hydrogen (secondary N) is 1. The number of aliphatic hydroxyl groups is 1. The molecule has 0 saturated heterocycles. The molecule has 1 unspecified atom stereocenters. The van der Waals surface area contributed by atoms with E-state index in [1.807, 2.05) is 49.4 Å². The van der Waals surface area contributed by atoms with Crippen molar-refractivity contribution in [2.75, 3.05) is 11.9 Å². The summed E-state index contributed by atoms with van der Waals surface area (Å²) in [5.41, 5.74) is 0.769. The van der Waals surface area contributed by atoms with Crippen molar-refractivity contribution in [3.05, 3.63) is 42.5 Å². The van der Waals surface area contributed by atoms with Gasteiger partial charge in [-0.15, -0.1) is 0 Å². The monoisotopic (exact) mass is 243 g/mol. The Morgan fingerprint density at radius 1 is 1.22 bits per heavy atom. The third-order valence-electron chi connectivity index (χ3n) is 3.10. The number of rotatable bonds is 4. The van der Waals surface area contributed by atoms with Crippen LogP contribution in [0.4, 0.5) is 5.69 Å². The molecule has 3 heteroatoms. The molecule has 0 spiro atoms. The normalized spacial score (nSPS) is 12.3. The van der Waals surface area contributed by atoms with Crippen molar-refractivity contribution in [3.8, 4) is 0 Å². The zero-order valence-electron chi connectivity index (χ0n) is 10.4. The summed E-state index contributed by atoms with van der Waals surface area (Å²) >= 11 is 0. The lowest BCUT2D eigenvalue weighted by atomic mass is 10.1. The number of anilines is 1. The maximum absolute atomic E-state index is 11.8. The first-order valence-electron chi connectivity index (χ1n) is 6.15. The molecule has 0 fully saturated rings. The van der Waals surface area contributed by atoms with Crippen LogP contribution in [0.5, 0.6) is 0 Å². The Morgan fingerprint density at radius 3 is 2.61 bits per heavy atom. The fraction of sp³-hybridized carbons (Fsp3) is 0.267. The molecule has 18 heavy (non-hydrogen) atoms. The molecule has 1 atom stereocenters. The molecule has 0 heterocycles. The summed E-state index contributed by atoms with van der Waals surface area (Å²) in [6.45, 7) is 1.77. The molecule has 0 aromatic heterocycles. The second-order valence-corrected chi connectivity index (χ2v) is 4.34. The van der Waals surface area contributed by atoms with Gasteiger partial charge in [0.05, 0.1) is 12.5 Å². The number of benzene rings is 2. The summed E-state index contributed by atoms with van der Waals surface area (Å²) in [5.74, 6) is -0.466. The lowest BCUT2D eigenvalue weighted by Gasteiger charge is -2.12. The maximum Gasteiger partial charge on any atom is 0.229 e. The SMILES string of the molecule is CCC(CO)C(=O)Nc1ccc2ccccc2c1. The highest BCUT2D eigenvalue weighted by molar-refractivity contribution is 5.95. The fourth-order valence-electron chi connectivity index (χ4n) is 1.91. The van der Waals surface area contributed by atoms with E-state index in [1.54, 1.807) is 0 Å². The van der Waals surface area contributed by atoms with Gasteiger partial charge in [-0.2, -0.15) is 0 Å². The number of aliphatic hydroxyl groups excluding tert-OH is 1. The minimum atomic E-state index is -0.337. The van der Waals surface area contributed by atoms with Crippen molar-refractivity contribution in [2.24, 2.45) is 5.92 Å². The molecule has 1 amide bonds. The van der Waals surface area contributed by atoms with Crippen LogP contribution in [0.15, 0.2) is 42.5 Å². The molecule has 94 valence electrons. The number of amides is 1. The van der Waals surface area contributed by atoms with Gasteiger partial charge >= 0.3 is 0 Å². The summed E-state index contributed by atoms with van der Waals surface area (Å²) in [6, 6.07) is 13.8. The zero-order valence-corrected chi connectivity index (χ0v) is 10.4. The molecule has 0 radical (unpaired) electrons. The van der Waals surface area contributed by atoms with E-state index in [4.69, 9.17) is 5.11 Å². The smallest absolute Gasteiger partial charge is 0.229 e. The topological polar surface area (TPSA) is 49.3 Å². The van der Waals surface area contributed by atoms with Crippen molar-refractivity contribution in [3.63, 3.8) is 0 Å². The van der Waals surface area contributed by atoms with E-state index < -0.39 is 0 Å². The van der Waals surface area contributed by atoms with Crippen molar-refractivity contribution in [2.45, 2.75) is 13.3 Å². The fourth-order valence-corrected chi connectivity index (χ4v) is 1.91. The Bertz CT molecular complexity index is 547. The Balaban J connectivity index is 2.19. The molecule has 0 saturated carbocycles. The Kier molecular flexibility index (Phi) is 3.95. The predicted octanol–water partition coefficient (Wildman–Crippen LogP) is 2.80. The lowest BCUT2D eigenvalue weighted by molar-refractivity contribution is -0.121. The minimum absolute atomic E-state index is 0.115. The maximum atomic E-state index is 11.8. The Hall–Kier alpha value is -1.87. The first-order chi connectivity index (χ1) is 8.74. The molecular weight excluding hydrogens is 226 g/mol. The van der Waals surface area contributed by atoms with E-state index in [0.717, 1.165) is 16.5 Å².